The summed E-state index contributed by atoms with van der Waals surface area (Å²) in [4.78, 5) is 2.26. The van der Waals surface area contributed by atoms with Gasteiger partial charge in [-0.05, 0) is 39.8 Å². The molecule has 0 spiro atoms. The number of nitrogens with zero attached hydrogens (tertiary/aromatic N) is 2. The number of likely N-dealkylation sites (tertiary alicyclic amines) is 1. The van der Waals surface area contributed by atoms with Crippen molar-refractivity contribution in [2.45, 2.75) is 38.0 Å². The van der Waals surface area contributed by atoms with Crippen LogP contribution in [0.2, 0.25) is 0 Å². The van der Waals surface area contributed by atoms with E-state index in [1.165, 1.54) is 19.8 Å². The van der Waals surface area contributed by atoms with Crippen LogP contribution >= 0.6 is 0 Å². The molecule has 5 nitrogen and oxygen atoms in total. The Morgan fingerprint density at radius 3 is 2.44 bits per heavy atom. The minimum absolute atomic E-state index is 0.197. The first-order valence-electron chi connectivity index (χ1n) is 5.59. The van der Waals surface area contributed by atoms with Gasteiger partial charge in [-0.25, -0.2) is 13.1 Å². The lowest BCUT2D eigenvalue weighted by atomic mass is 10.3. The van der Waals surface area contributed by atoms with E-state index >= 15 is 0 Å². The molecule has 2 atom stereocenters. The van der Waals surface area contributed by atoms with E-state index in [9.17, 15) is 8.42 Å². The van der Waals surface area contributed by atoms with E-state index < -0.39 is 15.3 Å². The zero-order valence-electron chi connectivity index (χ0n) is 9.81. The molecule has 0 amide bonds. The summed E-state index contributed by atoms with van der Waals surface area (Å²) in [5.74, 6) is 0. The van der Waals surface area contributed by atoms with Gasteiger partial charge in [-0.1, -0.05) is 0 Å². The SMILES string of the molecule is CC(CNS(=O)(=O)C(C)C#N)N1CCCC1. The van der Waals surface area contributed by atoms with E-state index in [1.807, 2.05) is 6.92 Å². The van der Waals surface area contributed by atoms with E-state index in [0.717, 1.165) is 13.1 Å². The van der Waals surface area contributed by atoms with Crippen LogP contribution in [0, 0.1) is 11.3 Å². The van der Waals surface area contributed by atoms with Crippen molar-refractivity contribution in [1.29, 1.82) is 5.26 Å². The lowest BCUT2D eigenvalue weighted by Gasteiger charge is -2.24. The third-order valence-corrected chi connectivity index (χ3v) is 4.60. The lowest BCUT2D eigenvalue weighted by Crippen LogP contribution is -2.42. The molecule has 1 heterocycles. The van der Waals surface area contributed by atoms with Gasteiger partial charge < -0.3 is 0 Å². The number of sulfonamides is 1. The number of hydrogen-bond acceptors (Lipinski definition) is 4. The molecule has 1 aliphatic rings. The van der Waals surface area contributed by atoms with Crippen molar-refractivity contribution >= 4 is 10.0 Å². The van der Waals surface area contributed by atoms with Gasteiger partial charge in [0, 0.05) is 12.6 Å². The molecule has 0 radical (unpaired) electrons. The van der Waals surface area contributed by atoms with E-state index in [0.29, 0.717) is 6.54 Å². The van der Waals surface area contributed by atoms with Gasteiger partial charge in [0.25, 0.3) is 0 Å². The van der Waals surface area contributed by atoms with Crippen molar-refractivity contribution in [1.82, 2.24) is 9.62 Å². The molecule has 0 bridgehead atoms. The molecule has 0 aromatic carbocycles. The van der Waals surface area contributed by atoms with Crippen LogP contribution in [0.3, 0.4) is 0 Å². The summed E-state index contributed by atoms with van der Waals surface area (Å²) < 4.78 is 25.6. The third kappa shape index (κ3) is 3.44. The van der Waals surface area contributed by atoms with Gasteiger partial charge in [0.05, 0.1) is 6.07 Å². The summed E-state index contributed by atoms with van der Waals surface area (Å²) in [6.45, 7) is 5.86. The van der Waals surface area contributed by atoms with Crippen molar-refractivity contribution in [3.05, 3.63) is 0 Å². The Morgan fingerprint density at radius 2 is 1.94 bits per heavy atom. The molecule has 92 valence electrons. The topological polar surface area (TPSA) is 73.2 Å². The summed E-state index contributed by atoms with van der Waals surface area (Å²) in [6.07, 6.45) is 2.37. The molecular weight excluding hydrogens is 226 g/mol. The highest BCUT2D eigenvalue weighted by molar-refractivity contribution is 7.90. The van der Waals surface area contributed by atoms with E-state index in [2.05, 4.69) is 9.62 Å². The predicted molar refractivity (Wildman–Crippen MR) is 62.3 cm³/mol. The smallest absolute Gasteiger partial charge is 0.227 e. The first-order valence-corrected chi connectivity index (χ1v) is 7.14. The van der Waals surface area contributed by atoms with Crippen molar-refractivity contribution in [2.75, 3.05) is 19.6 Å². The van der Waals surface area contributed by atoms with Crippen LogP contribution in [0.1, 0.15) is 26.7 Å². The highest BCUT2D eigenvalue weighted by atomic mass is 32.2. The van der Waals surface area contributed by atoms with Crippen LogP contribution in [-0.4, -0.2) is 44.2 Å². The maximum Gasteiger partial charge on any atom is 0.227 e. The van der Waals surface area contributed by atoms with Gasteiger partial charge in [-0.15, -0.1) is 0 Å². The van der Waals surface area contributed by atoms with Gasteiger partial charge in [-0.3, -0.25) is 4.90 Å². The van der Waals surface area contributed by atoms with Crippen molar-refractivity contribution in [2.24, 2.45) is 0 Å². The Balaban J connectivity index is 2.42. The van der Waals surface area contributed by atoms with Crippen LogP contribution < -0.4 is 4.72 Å². The van der Waals surface area contributed by atoms with E-state index in [1.54, 1.807) is 6.07 Å². The number of nitrogens with one attached hydrogen (secondary N) is 1. The van der Waals surface area contributed by atoms with Gasteiger partial charge in [0.15, 0.2) is 5.25 Å². The van der Waals surface area contributed by atoms with Crippen LogP contribution in [0.5, 0.6) is 0 Å². The quantitative estimate of drug-likeness (QED) is 0.756. The Labute approximate surface area is 97.5 Å². The third-order valence-electron chi connectivity index (χ3n) is 2.99. The molecule has 2 unspecified atom stereocenters. The lowest BCUT2D eigenvalue weighted by molar-refractivity contribution is 0.260. The largest absolute Gasteiger partial charge is 0.299 e. The Morgan fingerprint density at radius 1 is 1.38 bits per heavy atom. The molecule has 0 saturated carbocycles. The average molecular weight is 245 g/mol. The fourth-order valence-corrected chi connectivity index (χ4v) is 2.60. The van der Waals surface area contributed by atoms with Crippen LogP contribution in [0.25, 0.3) is 0 Å². The van der Waals surface area contributed by atoms with Crippen molar-refractivity contribution < 1.29 is 8.42 Å². The molecule has 0 aromatic heterocycles. The minimum atomic E-state index is -3.47. The van der Waals surface area contributed by atoms with Crippen LogP contribution in [0.15, 0.2) is 0 Å². The second kappa shape index (κ2) is 5.62. The first-order chi connectivity index (χ1) is 7.47. The van der Waals surface area contributed by atoms with E-state index in [-0.39, 0.29) is 6.04 Å². The van der Waals surface area contributed by atoms with Crippen LogP contribution in [-0.2, 0) is 10.0 Å². The minimum Gasteiger partial charge on any atom is -0.299 e. The molecule has 0 aromatic rings. The Hall–Kier alpha value is -0.640. The molecule has 0 aliphatic carbocycles. The van der Waals surface area contributed by atoms with E-state index in [4.69, 9.17) is 5.26 Å². The maximum absolute atomic E-state index is 11.5. The Bertz CT molecular complexity index is 355. The normalized spacial score (nSPS) is 21.6. The maximum atomic E-state index is 11.5. The van der Waals surface area contributed by atoms with Crippen molar-refractivity contribution in [3.63, 3.8) is 0 Å². The second-order valence-electron chi connectivity index (χ2n) is 4.26. The standard InChI is InChI=1S/C10H19N3O2S/c1-9(13-5-3-4-6-13)8-12-16(14,15)10(2)7-11/h9-10,12H,3-6,8H2,1-2H3. The monoisotopic (exact) mass is 245 g/mol. The molecular formula is C10H19N3O2S. The number of nitriles is 1. The zero-order chi connectivity index (χ0) is 12.2. The van der Waals surface area contributed by atoms with Crippen molar-refractivity contribution in [3.8, 4) is 6.07 Å². The van der Waals surface area contributed by atoms with Gasteiger partial charge >= 0.3 is 0 Å². The molecule has 1 rings (SSSR count). The van der Waals surface area contributed by atoms with Gasteiger partial charge in [0.1, 0.15) is 0 Å². The summed E-state index contributed by atoms with van der Waals surface area (Å²) in [7, 11) is -3.47. The summed E-state index contributed by atoms with van der Waals surface area (Å²) in [5.41, 5.74) is 0. The van der Waals surface area contributed by atoms with Gasteiger partial charge in [-0.2, -0.15) is 5.26 Å². The number of hydrogen-bond donors (Lipinski definition) is 1. The summed E-state index contributed by atoms with van der Waals surface area (Å²) >= 11 is 0. The van der Waals surface area contributed by atoms with Crippen LogP contribution in [0.4, 0.5) is 0 Å². The Kier molecular flexibility index (Phi) is 4.71. The molecule has 1 aliphatic heterocycles. The fourth-order valence-electron chi connectivity index (χ4n) is 1.74. The predicted octanol–water partition coefficient (Wildman–Crippen LogP) is 0.302. The second-order valence-corrected chi connectivity index (χ2v) is 6.34. The first kappa shape index (κ1) is 13.4. The molecule has 1 saturated heterocycles. The highest BCUT2D eigenvalue weighted by Gasteiger charge is 2.23. The highest BCUT2D eigenvalue weighted by Crippen LogP contribution is 2.11. The summed E-state index contributed by atoms with van der Waals surface area (Å²) in [5, 5.41) is 7.58. The average Bonchev–Trinajstić information content (AvgIpc) is 2.78. The molecule has 1 N–H and O–H groups in total. The fraction of sp³-hybridized carbons (Fsp3) is 0.900. The molecule has 16 heavy (non-hydrogen) atoms. The number of rotatable bonds is 5. The summed E-state index contributed by atoms with van der Waals surface area (Å²) in [6, 6.07) is 1.93. The molecule has 6 heteroatoms. The molecule has 1 fully saturated rings. The van der Waals surface area contributed by atoms with Gasteiger partial charge in [0.2, 0.25) is 10.0 Å². The zero-order valence-corrected chi connectivity index (χ0v) is 10.6.